The molecule has 0 unspecified atom stereocenters. The second kappa shape index (κ2) is 64.5. The van der Waals surface area contributed by atoms with E-state index < -0.39 is 85.5 Å². The van der Waals surface area contributed by atoms with Gasteiger partial charge >= 0.3 is 30.5 Å². The predicted molar refractivity (Wildman–Crippen MR) is 448 cm³/mol. The predicted octanol–water partition coefficient (Wildman–Crippen LogP) is 6.18. The van der Waals surface area contributed by atoms with Crippen LogP contribution in [0.1, 0.15) is 171 Å². The number of nitrogens with one attached hydrogen (secondary N) is 11. The van der Waals surface area contributed by atoms with Crippen LogP contribution in [0.25, 0.3) is 11.1 Å². The van der Waals surface area contributed by atoms with Gasteiger partial charge in [0.1, 0.15) is 33.0 Å². The lowest BCUT2D eigenvalue weighted by molar-refractivity contribution is -0.137. The van der Waals surface area contributed by atoms with Gasteiger partial charge in [0.25, 0.3) is 0 Å². The molecular weight excluding hydrogens is 1540 g/mol. The molecule has 0 bridgehead atoms. The molecule has 0 saturated carbocycles. The van der Waals surface area contributed by atoms with Crippen LogP contribution in [0.4, 0.5) is 24.0 Å². The summed E-state index contributed by atoms with van der Waals surface area (Å²) in [6, 6.07) is 16.3. The van der Waals surface area contributed by atoms with Crippen LogP contribution in [0.5, 0.6) is 0 Å². The summed E-state index contributed by atoms with van der Waals surface area (Å²) in [5, 5.41) is 29.7. The molecule has 0 spiro atoms. The maximum Gasteiger partial charge on any atom is 0.407 e. The minimum atomic E-state index is -0.643. The quantitative estimate of drug-likeness (QED) is 0.0200. The molecule has 0 heterocycles. The molecule has 3 rings (SSSR count). The Morgan fingerprint density at radius 2 is 0.538 bits per heavy atom. The molecule has 1 aliphatic rings. The van der Waals surface area contributed by atoms with E-state index in [1.807, 2.05) is 24.3 Å². The molecule has 35 heteroatoms. The summed E-state index contributed by atoms with van der Waals surface area (Å²) < 4.78 is 25.3. The number of unbranched alkanes of at least 4 members (excludes halogenated alkanes) is 12. The summed E-state index contributed by atoms with van der Waals surface area (Å²) in [5.74, 6) is -4.29. The number of hydrogen-bond acceptors (Lipinski definition) is 20. The molecule has 0 saturated heterocycles. The van der Waals surface area contributed by atoms with E-state index in [2.05, 4.69) is 109 Å². The maximum atomic E-state index is 14.0. The Morgan fingerprint density at radius 3 is 0.824 bits per heavy atom. The zero-order chi connectivity index (χ0) is 86.9. The molecule has 1 aliphatic carbocycles. The zero-order valence-electron chi connectivity index (χ0n) is 69.5. The Kier molecular flexibility index (Phi) is 55.1. The molecule has 0 atom stereocenters. The summed E-state index contributed by atoms with van der Waals surface area (Å²) in [4.78, 5) is 199. The van der Waals surface area contributed by atoms with Gasteiger partial charge in [-0.1, -0.05) is 138 Å². The second-order valence-electron chi connectivity index (χ2n) is 28.1. The molecular formula is C84H129N15O20. The van der Waals surface area contributed by atoms with Crippen LogP contribution in [-0.2, 0) is 71.6 Å². The van der Waals surface area contributed by atoms with Gasteiger partial charge in [-0.2, -0.15) is 0 Å². The summed E-state index contributed by atoms with van der Waals surface area (Å²) in [6.07, 6.45) is 13.1. The Bertz CT molecular complexity index is 3480. The van der Waals surface area contributed by atoms with E-state index >= 15 is 0 Å². The standard InChI is InChI=1S/C84H129N15O20/c1-6-56-115-80(110)91-43-28-12-18-38-76(106)96(60-72(102)85-5)53-49-88-74(104)62-98(78(108)40-20-14-30-45-93-82(112)117-58-8-3)55-51-90-75(105)63-99(79(109)41-21-15-31-46-94-83(113)118-59-9-4)54-50-89-73(103)61-97(77(107)39-19-13-29-44-92-81(111)116-57-7-2)52-48-87-71(101)37-16-10-26-42-86-70(100)36-17-11-27-47-95-84(114)119-64-69-67-34-24-22-32-65(67)66-33-23-25-35-68(66)69/h6-9,22-25,32-35,69H,1-4,10-21,26-31,36-64H2,5H3,(H,85,102)(H,86,100)(H,87,101)(H,88,104)(H,89,103)(H,90,105)(H,91,110)(H,92,111)(H,93,112)(H,94,113)(H,95,114). The van der Waals surface area contributed by atoms with Crippen LogP contribution < -0.4 is 58.5 Å². The molecule has 119 heavy (non-hydrogen) atoms. The molecule has 0 radical (unpaired) electrons. The van der Waals surface area contributed by atoms with E-state index in [1.165, 1.54) is 51.0 Å². The molecule has 660 valence electrons. The van der Waals surface area contributed by atoms with Crippen molar-refractivity contribution in [3.05, 3.63) is 110 Å². The van der Waals surface area contributed by atoms with Crippen molar-refractivity contribution in [1.29, 1.82) is 0 Å². The molecule has 11 N–H and O–H groups in total. The fourth-order valence-electron chi connectivity index (χ4n) is 12.3. The number of fused-ring (bicyclic) bond motifs is 3. The molecule has 35 nitrogen and oxygen atoms in total. The van der Waals surface area contributed by atoms with E-state index in [1.54, 1.807) is 0 Å². The van der Waals surface area contributed by atoms with Gasteiger partial charge in [0.2, 0.25) is 59.1 Å². The highest BCUT2D eigenvalue weighted by Gasteiger charge is 2.30. The van der Waals surface area contributed by atoms with E-state index in [0.29, 0.717) is 142 Å². The number of nitrogens with zero attached hydrogens (tertiary/aromatic N) is 4. The third-order valence-corrected chi connectivity index (χ3v) is 18.6. The van der Waals surface area contributed by atoms with Crippen LogP contribution in [-0.4, -0.2) is 267 Å². The molecule has 0 aliphatic heterocycles. The summed E-state index contributed by atoms with van der Waals surface area (Å²) in [7, 11) is 1.42. The van der Waals surface area contributed by atoms with Crippen molar-refractivity contribution in [3.63, 3.8) is 0 Å². The van der Waals surface area contributed by atoms with Crippen LogP contribution >= 0.6 is 0 Å². The lowest BCUT2D eigenvalue weighted by Gasteiger charge is -2.25. The minimum Gasteiger partial charge on any atom is -0.449 e. The third-order valence-electron chi connectivity index (χ3n) is 18.6. The number of likely N-dealkylation sites (N-methyl/N-ethyl adjacent to an activating group) is 1. The first-order valence-electron chi connectivity index (χ1n) is 41.4. The molecule has 0 fully saturated rings. The van der Waals surface area contributed by atoms with Crippen LogP contribution in [0.2, 0.25) is 0 Å². The SMILES string of the molecule is C=CCOC(=O)NCCCCCC(=O)N(CCNC(=O)CN(CCNC(=O)CN(CCNC(=O)CN(CCNC(=O)CCCCCNC(=O)CCCCCNC(=O)OCC1c2ccccc2-c2ccccc21)C(=O)CCCCCNC(=O)OCC=C)C(=O)CCCCCNC(=O)OCC=C)C(=O)CCCCCNC(=O)OCC=C)CC(=O)NC. The van der Waals surface area contributed by atoms with Crippen LogP contribution in [0.3, 0.4) is 0 Å². The lowest BCUT2D eigenvalue weighted by Crippen LogP contribution is -2.48. The van der Waals surface area contributed by atoms with Gasteiger partial charge in [-0.05, 0) is 99.3 Å². The van der Waals surface area contributed by atoms with E-state index in [-0.39, 0.29) is 167 Å². The first-order valence-corrected chi connectivity index (χ1v) is 41.4. The lowest BCUT2D eigenvalue weighted by atomic mass is 9.98. The normalized spacial score (nSPS) is 10.9. The molecule has 2 aromatic carbocycles. The van der Waals surface area contributed by atoms with Crippen molar-refractivity contribution in [2.24, 2.45) is 0 Å². The average Bonchev–Trinajstić information content (AvgIpc) is 1.62. The summed E-state index contributed by atoms with van der Waals surface area (Å²) >= 11 is 0. The highest BCUT2D eigenvalue weighted by atomic mass is 16.6. The Labute approximate surface area is 699 Å². The number of hydrogen-bond donors (Lipinski definition) is 11. The highest BCUT2D eigenvalue weighted by molar-refractivity contribution is 5.88. The van der Waals surface area contributed by atoms with Crippen molar-refractivity contribution in [2.45, 2.75) is 160 Å². The number of benzene rings is 2. The Hall–Kier alpha value is -11.6. The monoisotopic (exact) mass is 1670 g/mol. The van der Waals surface area contributed by atoms with Crippen molar-refractivity contribution in [1.82, 2.24) is 78.1 Å². The third kappa shape index (κ3) is 48.1. The maximum absolute atomic E-state index is 14.0. The fourth-order valence-corrected chi connectivity index (χ4v) is 12.3. The molecule has 2 aromatic rings. The van der Waals surface area contributed by atoms with Crippen LogP contribution in [0.15, 0.2) is 99.2 Å². The van der Waals surface area contributed by atoms with Crippen molar-refractivity contribution in [3.8, 4) is 11.1 Å². The second-order valence-corrected chi connectivity index (χ2v) is 28.1. The van der Waals surface area contributed by atoms with Crippen molar-refractivity contribution >= 4 is 89.5 Å². The van der Waals surface area contributed by atoms with Gasteiger partial charge in [0, 0.05) is 143 Å². The van der Waals surface area contributed by atoms with Gasteiger partial charge < -0.3 is 102 Å². The Balaban J connectivity index is 1.59. The van der Waals surface area contributed by atoms with Gasteiger partial charge in [-0.25, -0.2) is 24.0 Å². The van der Waals surface area contributed by atoms with Gasteiger partial charge in [0.05, 0.1) is 26.2 Å². The van der Waals surface area contributed by atoms with Gasteiger partial charge in [-0.3, -0.25) is 47.9 Å². The first kappa shape index (κ1) is 102. The van der Waals surface area contributed by atoms with E-state index in [4.69, 9.17) is 23.7 Å². The number of carbonyl (C=O) groups excluding carboxylic acids is 15. The summed E-state index contributed by atoms with van der Waals surface area (Å²) in [6.45, 7) is 14.0. The van der Waals surface area contributed by atoms with Gasteiger partial charge in [-0.15, -0.1) is 0 Å². The first-order chi connectivity index (χ1) is 57.6. The average molecular weight is 1670 g/mol. The van der Waals surface area contributed by atoms with E-state index in [9.17, 15) is 71.9 Å². The minimum absolute atomic E-state index is 0.0124. The number of amides is 15. The smallest absolute Gasteiger partial charge is 0.407 e. The molecule has 15 amide bonds. The van der Waals surface area contributed by atoms with Crippen molar-refractivity contribution < 1.29 is 95.6 Å². The largest absolute Gasteiger partial charge is 0.449 e. The van der Waals surface area contributed by atoms with E-state index in [0.717, 1.165) is 28.7 Å². The molecule has 0 aromatic heterocycles. The highest BCUT2D eigenvalue weighted by Crippen LogP contribution is 2.44. The topological polar surface area (TPSA) is 447 Å². The van der Waals surface area contributed by atoms with Gasteiger partial charge in [0.15, 0.2) is 0 Å². The van der Waals surface area contributed by atoms with Crippen LogP contribution in [0, 0.1) is 0 Å². The zero-order valence-corrected chi connectivity index (χ0v) is 69.5. The Morgan fingerprint density at radius 1 is 0.294 bits per heavy atom. The fraction of sp³-hybridized carbons (Fsp3) is 0.583. The van der Waals surface area contributed by atoms with Crippen molar-refractivity contribution in [2.75, 3.05) is 158 Å². The number of carbonyl (C=O) groups is 15. The number of ether oxygens (including phenoxy) is 5. The summed E-state index contributed by atoms with van der Waals surface area (Å²) in [5.41, 5.74) is 4.57. The number of rotatable bonds is 66. The number of alkyl carbamates (subject to hydrolysis) is 5.